The molecule has 0 bridgehead atoms. The molecule has 3 N–H and O–H groups in total. The molecule has 1 fully saturated rings. The Balaban J connectivity index is 1.90. The van der Waals surface area contributed by atoms with Crippen molar-refractivity contribution in [2.75, 3.05) is 6.54 Å². The van der Waals surface area contributed by atoms with Gasteiger partial charge in [-0.2, -0.15) is 5.10 Å². The fourth-order valence-corrected chi connectivity index (χ4v) is 3.11. The Labute approximate surface area is 124 Å². The maximum absolute atomic E-state index is 12.5. The molecule has 20 heavy (non-hydrogen) atoms. The molecule has 1 aliphatic rings. The minimum Gasteiger partial charge on any atom is -0.392 e. The molecule has 0 saturated heterocycles. The zero-order valence-corrected chi connectivity index (χ0v) is 12.7. The number of aryl methyl sites for hydroxylation is 1. The first-order valence-corrected chi connectivity index (χ1v) is 7.52. The van der Waals surface area contributed by atoms with E-state index in [2.05, 4.69) is 10.4 Å². The Morgan fingerprint density at radius 1 is 1.50 bits per heavy atom. The molecule has 0 unspecified atom stereocenters. The standard InChI is InChI=1S/C14H22N4OS/c1-18-10-6-11(17-18)5-9-16-13(19)14(12(15)20)7-3-2-4-8-14/h6,10H,2-5,7-9H2,1H3,(H2,15,20)(H,16,19). The van der Waals surface area contributed by atoms with Gasteiger partial charge in [0, 0.05) is 26.2 Å². The van der Waals surface area contributed by atoms with E-state index in [-0.39, 0.29) is 5.91 Å². The Hall–Kier alpha value is -1.43. The first-order valence-electron chi connectivity index (χ1n) is 7.11. The molecule has 110 valence electrons. The molecular formula is C14H22N4OS. The molecule has 5 nitrogen and oxygen atoms in total. The van der Waals surface area contributed by atoms with Crippen molar-refractivity contribution in [2.45, 2.75) is 38.5 Å². The lowest BCUT2D eigenvalue weighted by Crippen LogP contribution is -2.50. The summed E-state index contributed by atoms with van der Waals surface area (Å²) in [6.07, 6.45) is 7.37. The minimum atomic E-state index is -0.627. The number of thiocarbonyl (C=S) groups is 1. The van der Waals surface area contributed by atoms with E-state index in [1.165, 1.54) is 0 Å². The summed E-state index contributed by atoms with van der Waals surface area (Å²) in [7, 11) is 1.88. The number of amides is 1. The van der Waals surface area contributed by atoms with Gasteiger partial charge in [0.05, 0.1) is 16.1 Å². The van der Waals surface area contributed by atoms with Gasteiger partial charge in [-0.25, -0.2) is 0 Å². The fraction of sp³-hybridized carbons (Fsp3) is 0.643. The van der Waals surface area contributed by atoms with Crippen molar-refractivity contribution in [3.63, 3.8) is 0 Å². The summed E-state index contributed by atoms with van der Waals surface area (Å²) in [6.45, 7) is 0.570. The quantitative estimate of drug-likeness (QED) is 0.803. The van der Waals surface area contributed by atoms with Crippen molar-refractivity contribution in [1.82, 2.24) is 15.1 Å². The van der Waals surface area contributed by atoms with Gasteiger partial charge in [-0.15, -0.1) is 0 Å². The molecule has 1 aromatic rings. The second-order valence-electron chi connectivity index (χ2n) is 5.49. The van der Waals surface area contributed by atoms with Crippen molar-refractivity contribution in [1.29, 1.82) is 0 Å². The van der Waals surface area contributed by atoms with Crippen LogP contribution in [-0.4, -0.2) is 27.2 Å². The van der Waals surface area contributed by atoms with Crippen molar-refractivity contribution in [3.8, 4) is 0 Å². The lowest BCUT2D eigenvalue weighted by molar-refractivity contribution is -0.128. The number of carbonyl (C=O) groups is 1. The Morgan fingerprint density at radius 2 is 2.20 bits per heavy atom. The van der Waals surface area contributed by atoms with E-state index >= 15 is 0 Å². The van der Waals surface area contributed by atoms with Crippen LogP contribution in [-0.2, 0) is 18.3 Å². The maximum Gasteiger partial charge on any atom is 0.233 e. The molecule has 1 aromatic heterocycles. The van der Waals surface area contributed by atoms with Crippen LogP contribution in [0.15, 0.2) is 12.3 Å². The Kier molecular flexibility index (Phi) is 4.75. The topological polar surface area (TPSA) is 72.9 Å². The molecule has 1 aliphatic carbocycles. The van der Waals surface area contributed by atoms with Crippen LogP contribution in [0.1, 0.15) is 37.8 Å². The summed E-state index contributed by atoms with van der Waals surface area (Å²) in [5, 5.41) is 7.26. The normalized spacial score (nSPS) is 17.6. The molecule has 0 atom stereocenters. The van der Waals surface area contributed by atoms with Crippen LogP contribution in [0.4, 0.5) is 0 Å². The largest absolute Gasteiger partial charge is 0.392 e. The van der Waals surface area contributed by atoms with Crippen LogP contribution in [0.3, 0.4) is 0 Å². The summed E-state index contributed by atoms with van der Waals surface area (Å²) in [4.78, 5) is 12.8. The number of carbonyl (C=O) groups excluding carboxylic acids is 1. The van der Waals surface area contributed by atoms with E-state index in [4.69, 9.17) is 18.0 Å². The third-order valence-electron chi connectivity index (χ3n) is 4.05. The van der Waals surface area contributed by atoms with Gasteiger partial charge in [0.15, 0.2) is 0 Å². The highest BCUT2D eigenvalue weighted by Crippen LogP contribution is 2.36. The molecule has 1 heterocycles. The van der Waals surface area contributed by atoms with Gasteiger partial charge >= 0.3 is 0 Å². The van der Waals surface area contributed by atoms with Crippen LogP contribution >= 0.6 is 12.2 Å². The van der Waals surface area contributed by atoms with Gasteiger partial charge in [0.2, 0.25) is 5.91 Å². The number of hydrogen-bond donors (Lipinski definition) is 2. The Bertz CT molecular complexity index is 491. The highest BCUT2D eigenvalue weighted by Gasteiger charge is 2.42. The minimum absolute atomic E-state index is 0.0133. The summed E-state index contributed by atoms with van der Waals surface area (Å²) in [6, 6.07) is 1.95. The van der Waals surface area contributed by atoms with Gasteiger partial charge in [-0.1, -0.05) is 31.5 Å². The molecule has 0 radical (unpaired) electrons. The van der Waals surface area contributed by atoms with E-state index in [1.807, 2.05) is 19.3 Å². The van der Waals surface area contributed by atoms with E-state index in [0.29, 0.717) is 11.5 Å². The second kappa shape index (κ2) is 6.35. The third-order valence-corrected chi connectivity index (χ3v) is 4.44. The zero-order valence-electron chi connectivity index (χ0n) is 11.9. The van der Waals surface area contributed by atoms with Crippen LogP contribution in [0.25, 0.3) is 0 Å². The van der Waals surface area contributed by atoms with E-state index in [1.54, 1.807) is 4.68 Å². The smallest absolute Gasteiger partial charge is 0.233 e. The molecule has 6 heteroatoms. The number of nitrogens with one attached hydrogen (secondary N) is 1. The van der Waals surface area contributed by atoms with Crippen LogP contribution in [0.2, 0.25) is 0 Å². The first kappa shape index (κ1) is 15.0. The average Bonchev–Trinajstić information content (AvgIpc) is 2.85. The van der Waals surface area contributed by atoms with Crippen LogP contribution in [0, 0.1) is 5.41 Å². The monoisotopic (exact) mass is 294 g/mol. The number of hydrogen-bond acceptors (Lipinski definition) is 3. The molecule has 2 rings (SSSR count). The molecular weight excluding hydrogens is 272 g/mol. The average molecular weight is 294 g/mol. The van der Waals surface area contributed by atoms with E-state index in [9.17, 15) is 4.79 Å². The SMILES string of the molecule is Cn1ccc(CCNC(=O)C2(C(N)=S)CCCCC2)n1. The number of nitrogens with zero attached hydrogens (tertiary/aromatic N) is 2. The van der Waals surface area contributed by atoms with Crippen molar-refractivity contribution in [3.05, 3.63) is 18.0 Å². The van der Waals surface area contributed by atoms with Gasteiger partial charge < -0.3 is 11.1 Å². The van der Waals surface area contributed by atoms with Gasteiger partial charge in [-0.3, -0.25) is 9.48 Å². The lowest BCUT2D eigenvalue weighted by atomic mass is 9.73. The summed E-state index contributed by atoms with van der Waals surface area (Å²) < 4.78 is 1.76. The van der Waals surface area contributed by atoms with Crippen molar-refractivity contribution in [2.24, 2.45) is 18.2 Å². The maximum atomic E-state index is 12.5. The predicted octanol–water partition coefficient (Wildman–Crippen LogP) is 1.32. The number of rotatable bonds is 5. The van der Waals surface area contributed by atoms with E-state index < -0.39 is 5.41 Å². The number of aromatic nitrogens is 2. The van der Waals surface area contributed by atoms with E-state index in [0.717, 1.165) is 44.2 Å². The zero-order chi connectivity index (χ0) is 14.6. The highest BCUT2D eigenvalue weighted by atomic mass is 32.1. The molecule has 1 saturated carbocycles. The third kappa shape index (κ3) is 3.17. The Morgan fingerprint density at radius 3 is 2.75 bits per heavy atom. The highest BCUT2D eigenvalue weighted by molar-refractivity contribution is 7.80. The van der Waals surface area contributed by atoms with Crippen molar-refractivity contribution >= 4 is 23.1 Å². The number of nitrogens with two attached hydrogens (primary N) is 1. The van der Waals surface area contributed by atoms with Gasteiger partial charge in [-0.05, 0) is 18.9 Å². The van der Waals surface area contributed by atoms with Crippen LogP contribution < -0.4 is 11.1 Å². The van der Waals surface area contributed by atoms with Gasteiger partial charge in [0.1, 0.15) is 0 Å². The van der Waals surface area contributed by atoms with Gasteiger partial charge in [0.25, 0.3) is 0 Å². The first-order chi connectivity index (χ1) is 9.54. The molecule has 0 aliphatic heterocycles. The fourth-order valence-electron chi connectivity index (χ4n) is 2.81. The molecule has 0 aromatic carbocycles. The van der Waals surface area contributed by atoms with Crippen molar-refractivity contribution < 1.29 is 4.79 Å². The molecule has 0 spiro atoms. The second-order valence-corrected chi connectivity index (χ2v) is 5.93. The summed E-state index contributed by atoms with van der Waals surface area (Å²) in [5.74, 6) is -0.0133. The summed E-state index contributed by atoms with van der Waals surface area (Å²) >= 11 is 5.15. The summed E-state index contributed by atoms with van der Waals surface area (Å²) in [5.41, 5.74) is 6.19. The van der Waals surface area contributed by atoms with Crippen LogP contribution in [0.5, 0.6) is 0 Å². The molecule has 1 amide bonds. The predicted molar refractivity (Wildman–Crippen MR) is 82.2 cm³/mol. The lowest BCUT2D eigenvalue weighted by Gasteiger charge is -2.34.